The van der Waals surface area contributed by atoms with Crippen molar-refractivity contribution in [2.45, 2.75) is 12.3 Å². The Hall–Kier alpha value is -7.16. The molecule has 56 heavy (non-hydrogen) atoms. The lowest BCUT2D eigenvalue weighted by Crippen LogP contribution is -2.28. The van der Waals surface area contributed by atoms with Crippen LogP contribution in [0.4, 0.5) is 17.1 Å². The summed E-state index contributed by atoms with van der Waals surface area (Å²) in [5.41, 5.74) is 14.3. The minimum Gasteiger partial charge on any atom is -0.454 e. The van der Waals surface area contributed by atoms with Crippen molar-refractivity contribution in [1.29, 1.82) is 0 Å². The van der Waals surface area contributed by atoms with E-state index in [0.717, 1.165) is 39.0 Å². The zero-order valence-corrected chi connectivity index (χ0v) is 31.2. The molecule has 0 N–H and O–H groups in total. The molecule has 9 aromatic rings. The molecule has 0 saturated carbocycles. The maximum absolute atomic E-state index is 6.66. The molecular weight excluding hydrogens is 679 g/mol. The molecule has 0 unspecified atom stereocenters. The molecule has 0 spiro atoms. The highest BCUT2D eigenvalue weighted by Gasteiger charge is 2.45. The molecule has 0 atom stereocenters. The van der Waals surface area contributed by atoms with Gasteiger partial charge in [-0.2, -0.15) is 0 Å². The first-order valence-corrected chi connectivity index (χ1v) is 19.2. The summed E-state index contributed by atoms with van der Waals surface area (Å²) in [5, 5.41) is 4.68. The topological polar surface area (TPSA) is 16.4 Å². The van der Waals surface area contributed by atoms with Crippen molar-refractivity contribution in [3.63, 3.8) is 0 Å². The minimum atomic E-state index is -0.470. The molecule has 0 radical (unpaired) electrons. The second-order valence-corrected chi connectivity index (χ2v) is 14.6. The van der Waals surface area contributed by atoms with Gasteiger partial charge in [0.15, 0.2) is 5.58 Å². The Balaban J connectivity index is 1.15. The van der Waals surface area contributed by atoms with Crippen molar-refractivity contribution in [1.82, 2.24) is 0 Å². The first kappa shape index (κ1) is 33.4. The van der Waals surface area contributed by atoms with Crippen molar-refractivity contribution < 1.29 is 4.42 Å². The van der Waals surface area contributed by atoms with Gasteiger partial charge in [0.25, 0.3) is 0 Å². The van der Waals surface area contributed by atoms with E-state index in [-0.39, 0.29) is 0 Å². The van der Waals surface area contributed by atoms with Crippen LogP contribution in [0.2, 0.25) is 0 Å². The predicted octanol–water partition coefficient (Wildman–Crippen LogP) is 14.9. The number of furan rings is 1. The summed E-state index contributed by atoms with van der Waals surface area (Å²) in [5.74, 6) is 0. The number of hydrogen-bond acceptors (Lipinski definition) is 2. The monoisotopic (exact) mass is 717 g/mol. The average molecular weight is 718 g/mol. The fourth-order valence-electron chi connectivity index (χ4n) is 8.97. The molecule has 10 rings (SSSR count). The van der Waals surface area contributed by atoms with Crippen LogP contribution in [-0.2, 0) is 5.41 Å². The van der Waals surface area contributed by atoms with E-state index in [9.17, 15) is 0 Å². The SMILES string of the molecule is C=C/C=C\C=C(/C)C1(c2ccc(N(c3ccc(-c4ccc5ccccc5c4)cc3)c3cccc4c3oc3ccccc34)cc2)c2ccccc2-c2ccccc21. The van der Waals surface area contributed by atoms with Crippen LogP contribution in [0.15, 0.2) is 223 Å². The van der Waals surface area contributed by atoms with Gasteiger partial charge in [0.1, 0.15) is 5.58 Å². The lowest BCUT2D eigenvalue weighted by atomic mass is 9.67. The fourth-order valence-corrected chi connectivity index (χ4v) is 8.97. The van der Waals surface area contributed by atoms with Gasteiger partial charge in [-0.15, -0.1) is 0 Å². The van der Waals surface area contributed by atoms with Gasteiger partial charge in [-0.25, -0.2) is 0 Å². The Morgan fingerprint density at radius 2 is 1.16 bits per heavy atom. The molecule has 2 heteroatoms. The third kappa shape index (κ3) is 5.26. The van der Waals surface area contributed by atoms with Crippen molar-refractivity contribution in [2.75, 3.05) is 4.90 Å². The number of rotatable bonds is 8. The van der Waals surface area contributed by atoms with Crippen LogP contribution in [0, 0.1) is 0 Å². The molecular formula is C54H39NO. The van der Waals surface area contributed by atoms with Gasteiger partial charge in [0, 0.05) is 22.1 Å². The zero-order valence-electron chi connectivity index (χ0n) is 31.2. The van der Waals surface area contributed by atoms with Gasteiger partial charge in [0.05, 0.1) is 11.1 Å². The smallest absolute Gasteiger partial charge is 0.159 e. The first-order valence-electron chi connectivity index (χ1n) is 19.2. The van der Waals surface area contributed by atoms with E-state index in [1.807, 2.05) is 24.3 Å². The number of nitrogens with zero attached hydrogens (tertiary/aromatic N) is 1. The number of anilines is 3. The van der Waals surface area contributed by atoms with Crippen molar-refractivity contribution in [2.24, 2.45) is 0 Å². The summed E-state index contributed by atoms with van der Waals surface area (Å²) >= 11 is 0. The van der Waals surface area contributed by atoms with Crippen LogP contribution in [0.5, 0.6) is 0 Å². The Morgan fingerprint density at radius 3 is 1.89 bits per heavy atom. The summed E-state index contributed by atoms with van der Waals surface area (Å²) in [4.78, 5) is 2.33. The highest BCUT2D eigenvalue weighted by atomic mass is 16.3. The summed E-state index contributed by atoms with van der Waals surface area (Å²) in [6, 6.07) is 65.8. The quantitative estimate of drug-likeness (QED) is 0.146. The molecule has 1 heterocycles. The molecule has 1 aliphatic carbocycles. The molecule has 0 saturated heterocycles. The van der Waals surface area contributed by atoms with Gasteiger partial charge in [-0.3, -0.25) is 0 Å². The van der Waals surface area contributed by atoms with Crippen LogP contribution in [0.25, 0.3) is 55.0 Å². The molecule has 1 aliphatic rings. The third-order valence-corrected chi connectivity index (χ3v) is 11.5. The Bertz CT molecular complexity index is 2950. The van der Waals surface area contributed by atoms with Gasteiger partial charge in [-0.1, -0.05) is 176 Å². The number of benzene rings is 8. The van der Waals surface area contributed by atoms with Crippen LogP contribution < -0.4 is 4.90 Å². The summed E-state index contributed by atoms with van der Waals surface area (Å²) < 4.78 is 6.66. The van der Waals surface area contributed by atoms with E-state index in [2.05, 4.69) is 200 Å². The number of hydrogen-bond donors (Lipinski definition) is 0. The van der Waals surface area contributed by atoms with Crippen LogP contribution in [0.1, 0.15) is 23.6 Å². The molecule has 266 valence electrons. The summed E-state index contributed by atoms with van der Waals surface area (Å²) in [7, 11) is 0. The maximum Gasteiger partial charge on any atom is 0.159 e. The Labute approximate surface area is 327 Å². The number of allylic oxidation sites excluding steroid dienone is 5. The Kier molecular flexibility index (Phi) is 8.12. The molecule has 2 nitrogen and oxygen atoms in total. The first-order chi connectivity index (χ1) is 27.6. The minimum absolute atomic E-state index is 0.470. The number of fused-ring (bicyclic) bond motifs is 7. The predicted molar refractivity (Wildman–Crippen MR) is 236 cm³/mol. The van der Waals surface area contributed by atoms with Gasteiger partial charge in [-0.05, 0) is 99.1 Å². The molecule has 1 aromatic heterocycles. The molecule has 0 amide bonds. The number of para-hydroxylation sites is 2. The van der Waals surface area contributed by atoms with Gasteiger partial charge < -0.3 is 9.32 Å². The van der Waals surface area contributed by atoms with E-state index in [1.165, 1.54) is 55.3 Å². The molecule has 0 aliphatic heterocycles. The van der Waals surface area contributed by atoms with E-state index in [1.54, 1.807) is 0 Å². The highest BCUT2D eigenvalue weighted by molar-refractivity contribution is 6.10. The van der Waals surface area contributed by atoms with Gasteiger partial charge >= 0.3 is 0 Å². The van der Waals surface area contributed by atoms with E-state index in [0.29, 0.717) is 0 Å². The third-order valence-electron chi connectivity index (χ3n) is 11.5. The average Bonchev–Trinajstić information content (AvgIpc) is 3.79. The van der Waals surface area contributed by atoms with E-state index >= 15 is 0 Å². The second-order valence-electron chi connectivity index (χ2n) is 14.6. The summed E-state index contributed by atoms with van der Waals surface area (Å²) in [6.07, 6.45) is 8.15. The maximum atomic E-state index is 6.66. The normalized spacial score (nSPS) is 13.3. The lowest BCUT2D eigenvalue weighted by Gasteiger charge is -2.35. The van der Waals surface area contributed by atoms with Crippen LogP contribution >= 0.6 is 0 Å². The molecule has 0 bridgehead atoms. The van der Waals surface area contributed by atoms with E-state index in [4.69, 9.17) is 4.42 Å². The molecule has 0 fully saturated rings. The Morgan fingerprint density at radius 1 is 0.554 bits per heavy atom. The standard InChI is InChI=1S/C54H39NO/c1-3-4-5-15-37(2)54(49-22-11-8-18-45(49)46-19-9-12-23-50(46)54)42-30-34-44(35-31-42)55(51-24-14-21-48-47-20-10-13-25-52(47)56-53(48)51)43-32-28-39(29-33-43)41-27-26-38-16-6-7-17-40(38)36-41/h3-36H,1H2,2H3/b5-4-,37-15+. The highest BCUT2D eigenvalue weighted by Crippen LogP contribution is 2.56. The van der Waals surface area contributed by atoms with Crippen LogP contribution in [0.3, 0.4) is 0 Å². The van der Waals surface area contributed by atoms with Crippen molar-refractivity contribution >= 4 is 49.8 Å². The van der Waals surface area contributed by atoms with Crippen LogP contribution in [-0.4, -0.2) is 0 Å². The largest absolute Gasteiger partial charge is 0.454 e. The fraction of sp³-hybridized carbons (Fsp3) is 0.0370. The second kappa shape index (κ2) is 13.6. The summed E-state index contributed by atoms with van der Waals surface area (Å²) in [6.45, 7) is 6.17. The van der Waals surface area contributed by atoms with Crippen molar-refractivity contribution in [3.8, 4) is 22.3 Å². The van der Waals surface area contributed by atoms with Gasteiger partial charge in [0.2, 0.25) is 0 Å². The lowest BCUT2D eigenvalue weighted by molar-refractivity contribution is 0.669. The molecule has 8 aromatic carbocycles. The van der Waals surface area contributed by atoms with E-state index < -0.39 is 5.41 Å². The van der Waals surface area contributed by atoms with Crippen molar-refractivity contribution in [3.05, 3.63) is 235 Å². The zero-order chi connectivity index (χ0) is 37.6.